The number of pyridine rings is 1. The predicted molar refractivity (Wildman–Crippen MR) is 120 cm³/mol. The van der Waals surface area contributed by atoms with Gasteiger partial charge in [0, 0.05) is 38.9 Å². The number of hydrogen-bond donors (Lipinski definition) is 2. The number of aromatic amines is 1. The Morgan fingerprint density at radius 2 is 1.86 bits per heavy atom. The second-order valence-corrected chi connectivity index (χ2v) is 7.60. The number of piperazine rings is 1. The molecule has 1 atom stereocenters. The molecule has 0 aliphatic carbocycles. The summed E-state index contributed by atoms with van der Waals surface area (Å²) in [6, 6.07) is 12.3. The Kier molecular flexibility index (Phi) is 6.69. The first-order valence-corrected chi connectivity index (χ1v) is 9.74. The molecule has 1 fully saturated rings. The monoisotopic (exact) mass is 444 g/mol. The molecule has 2 aromatic heterocycles. The van der Waals surface area contributed by atoms with E-state index in [9.17, 15) is 0 Å². The molecule has 28 heavy (non-hydrogen) atoms. The van der Waals surface area contributed by atoms with Gasteiger partial charge in [-0.2, -0.15) is 0 Å². The highest BCUT2D eigenvalue weighted by Crippen LogP contribution is 2.25. The summed E-state index contributed by atoms with van der Waals surface area (Å²) < 4.78 is 0. The van der Waals surface area contributed by atoms with Gasteiger partial charge in [-0.1, -0.05) is 32.0 Å². The van der Waals surface area contributed by atoms with Gasteiger partial charge in [-0.25, -0.2) is 9.97 Å². The molecule has 6 nitrogen and oxygen atoms in total. The Morgan fingerprint density at radius 3 is 2.54 bits per heavy atom. The fraction of sp³-hybridized carbons (Fsp3) is 0.429. The van der Waals surface area contributed by atoms with Crippen molar-refractivity contribution >= 4 is 33.8 Å². The van der Waals surface area contributed by atoms with E-state index in [4.69, 9.17) is 10.7 Å². The Hall–Kier alpha value is -1.96. The largest absolute Gasteiger partial charge is 0.354 e. The quantitative estimate of drug-likeness (QED) is 0.629. The summed E-state index contributed by atoms with van der Waals surface area (Å²) in [7, 11) is 0. The van der Waals surface area contributed by atoms with Crippen molar-refractivity contribution in [3.63, 3.8) is 0 Å². The molecule has 0 amide bonds. The van der Waals surface area contributed by atoms with Crippen molar-refractivity contribution in [3.8, 4) is 0 Å². The summed E-state index contributed by atoms with van der Waals surface area (Å²) >= 11 is 0. The van der Waals surface area contributed by atoms with Gasteiger partial charge in [0.15, 0.2) is 0 Å². The molecule has 0 bridgehead atoms. The molecule has 150 valence electrons. The molecule has 4 rings (SSSR count). The van der Waals surface area contributed by atoms with Gasteiger partial charge in [0.05, 0.1) is 17.1 Å². The van der Waals surface area contributed by atoms with E-state index >= 15 is 0 Å². The Bertz CT molecular complexity index is 886. The van der Waals surface area contributed by atoms with Crippen molar-refractivity contribution < 1.29 is 0 Å². The lowest BCUT2D eigenvalue weighted by molar-refractivity contribution is 0.240. The number of anilines is 1. The molecule has 1 aromatic carbocycles. The lowest BCUT2D eigenvalue weighted by Gasteiger charge is -2.36. The second-order valence-electron chi connectivity index (χ2n) is 7.60. The molecule has 0 radical (unpaired) electrons. The summed E-state index contributed by atoms with van der Waals surface area (Å²) in [5.74, 6) is 2.38. The Morgan fingerprint density at radius 1 is 1.07 bits per heavy atom. The smallest absolute Gasteiger partial charge is 0.128 e. The minimum Gasteiger partial charge on any atom is -0.354 e. The van der Waals surface area contributed by atoms with E-state index in [0.29, 0.717) is 5.92 Å². The first-order chi connectivity index (χ1) is 13.1. The third-order valence-corrected chi connectivity index (χ3v) is 5.34. The number of halogens is 1. The molecule has 3 heterocycles. The van der Waals surface area contributed by atoms with Gasteiger partial charge >= 0.3 is 0 Å². The number of aromatic nitrogens is 3. The summed E-state index contributed by atoms with van der Waals surface area (Å²) in [4.78, 5) is 17.5. The maximum absolute atomic E-state index is 6.50. The van der Waals surface area contributed by atoms with Crippen LogP contribution in [0.4, 0.5) is 5.82 Å². The van der Waals surface area contributed by atoms with E-state index in [1.165, 1.54) is 5.56 Å². The molecule has 7 heteroatoms. The third-order valence-electron chi connectivity index (χ3n) is 5.34. The van der Waals surface area contributed by atoms with Gasteiger partial charge in [0.1, 0.15) is 11.6 Å². The van der Waals surface area contributed by atoms with Crippen molar-refractivity contribution in [2.75, 3.05) is 37.6 Å². The van der Waals surface area contributed by atoms with Gasteiger partial charge in [0.25, 0.3) is 0 Å². The van der Waals surface area contributed by atoms with E-state index < -0.39 is 0 Å². The Labute approximate surface area is 176 Å². The van der Waals surface area contributed by atoms with Crippen molar-refractivity contribution in [3.05, 3.63) is 54.0 Å². The number of benzene rings is 1. The van der Waals surface area contributed by atoms with E-state index in [1.54, 1.807) is 0 Å². The van der Waals surface area contributed by atoms with Crippen LogP contribution in [-0.4, -0.2) is 52.6 Å². The fourth-order valence-corrected chi connectivity index (χ4v) is 3.78. The van der Waals surface area contributed by atoms with Gasteiger partial charge < -0.3 is 15.6 Å². The first-order valence-electron chi connectivity index (χ1n) is 9.74. The molecule has 3 N–H and O–H groups in total. The van der Waals surface area contributed by atoms with Crippen molar-refractivity contribution in [2.45, 2.75) is 25.8 Å². The lowest BCUT2D eigenvalue weighted by atomic mass is 10.0. The molecule has 3 aromatic rings. The molecule has 1 saturated heterocycles. The number of nitrogens with zero attached hydrogens (tertiary/aromatic N) is 4. The summed E-state index contributed by atoms with van der Waals surface area (Å²) in [5.41, 5.74) is 9.90. The maximum atomic E-state index is 6.50. The van der Waals surface area contributed by atoms with Crippen LogP contribution < -0.4 is 10.6 Å². The fourth-order valence-electron chi connectivity index (χ4n) is 3.78. The van der Waals surface area contributed by atoms with E-state index in [2.05, 4.69) is 57.9 Å². The predicted octanol–water partition coefficient (Wildman–Crippen LogP) is 3.48. The normalized spacial score (nSPS) is 16.4. The van der Waals surface area contributed by atoms with Crippen LogP contribution >= 0.6 is 17.0 Å². The molecule has 1 aliphatic rings. The van der Waals surface area contributed by atoms with Crippen molar-refractivity contribution in [1.82, 2.24) is 19.9 Å². The number of para-hydroxylation sites is 1. The number of nitrogens with two attached hydrogens (primary N) is 1. The zero-order chi connectivity index (χ0) is 18.8. The molecule has 1 unspecified atom stereocenters. The van der Waals surface area contributed by atoms with Gasteiger partial charge in [-0.3, -0.25) is 4.90 Å². The molecule has 1 aliphatic heterocycles. The number of H-pyrrole nitrogens is 1. The minimum atomic E-state index is -0.112. The third kappa shape index (κ3) is 4.37. The van der Waals surface area contributed by atoms with Crippen LogP contribution in [0.1, 0.15) is 37.2 Å². The number of imidazole rings is 1. The van der Waals surface area contributed by atoms with Crippen LogP contribution in [-0.2, 0) is 0 Å². The Balaban J connectivity index is 0.00000225. The minimum absolute atomic E-state index is 0. The van der Waals surface area contributed by atoms with Gasteiger partial charge in [-0.15, -0.1) is 17.0 Å². The zero-order valence-corrected chi connectivity index (χ0v) is 18.2. The SMILES string of the molecule is Br.CC(C)c1cccc2[nH]c(C(N)CN3CCN(c4ccccn4)CC3)nc12. The molecular formula is C21H29BrN6. The van der Waals surface area contributed by atoms with E-state index in [-0.39, 0.29) is 23.0 Å². The zero-order valence-electron chi connectivity index (χ0n) is 16.5. The first kappa shape index (κ1) is 20.8. The van der Waals surface area contributed by atoms with Gasteiger partial charge in [0.2, 0.25) is 0 Å². The number of nitrogens with one attached hydrogen (secondary N) is 1. The van der Waals surface area contributed by atoms with Crippen LogP contribution in [0.5, 0.6) is 0 Å². The van der Waals surface area contributed by atoms with Gasteiger partial charge in [-0.05, 0) is 29.7 Å². The average molecular weight is 445 g/mol. The van der Waals surface area contributed by atoms with Crippen LogP contribution in [0, 0.1) is 0 Å². The second kappa shape index (κ2) is 9.03. The van der Waals surface area contributed by atoms with Crippen LogP contribution in [0.15, 0.2) is 42.6 Å². The lowest BCUT2D eigenvalue weighted by Crippen LogP contribution is -2.48. The molecule has 0 spiro atoms. The number of fused-ring (bicyclic) bond motifs is 1. The topological polar surface area (TPSA) is 74.1 Å². The maximum Gasteiger partial charge on any atom is 0.128 e. The highest BCUT2D eigenvalue weighted by molar-refractivity contribution is 8.93. The standard InChI is InChI=1S/C21H28N6.BrH/c1-15(2)16-6-5-7-18-20(16)25-21(24-18)17(22)14-26-10-12-27(13-11-26)19-8-3-4-9-23-19;/h3-9,15,17H,10-14,22H2,1-2H3,(H,24,25);1H. The summed E-state index contributed by atoms with van der Waals surface area (Å²) in [6.07, 6.45) is 1.85. The average Bonchev–Trinajstić information content (AvgIpc) is 3.13. The molecule has 0 saturated carbocycles. The van der Waals surface area contributed by atoms with E-state index in [0.717, 1.165) is 55.4 Å². The van der Waals surface area contributed by atoms with Crippen LogP contribution in [0.3, 0.4) is 0 Å². The number of hydrogen-bond acceptors (Lipinski definition) is 5. The summed E-state index contributed by atoms with van der Waals surface area (Å²) in [6.45, 7) is 9.13. The van der Waals surface area contributed by atoms with Crippen LogP contribution in [0.2, 0.25) is 0 Å². The van der Waals surface area contributed by atoms with E-state index in [1.807, 2.05) is 18.3 Å². The highest BCUT2D eigenvalue weighted by Gasteiger charge is 2.22. The van der Waals surface area contributed by atoms with Crippen molar-refractivity contribution in [1.29, 1.82) is 0 Å². The van der Waals surface area contributed by atoms with Crippen LogP contribution in [0.25, 0.3) is 11.0 Å². The molecular weight excluding hydrogens is 416 g/mol. The van der Waals surface area contributed by atoms with Crippen molar-refractivity contribution in [2.24, 2.45) is 5.73 Å². The highest BCUT2D eigenvalue weighted by atomic mass is 79.9. The summed E-state index contributed by atoms with van der Waals surface area (Å²) in [5, 5.41) is 0. The number of rotatable bonds is 5.